The molecule has 0 saturated carbocycles. The molecule has 2 nitrogen and oxygen atoms in total. The van der Waals surface area contributed by atoms with E-state index in [0.717, 1.165) is 19.3 Å². The van der Waals surface area contributed by atoms with Crippen molar-refractivity contribution in [1.29, 1.82) is 0 Å². The highest BCUT2D eigenvalue weighted by Gasteiger charge is 2.04. The molecule has 0 radical (unpaired) electrons. The first-order valence-corrected chi connectivity index (χ1v) is 7.19. The Kier molecular flexibility index (Phi) is 7.64. The number of benzene rings is 1. The predicted molar refractivity (Wildman–Crippen MR) is 79.4 cm³/mol. The Morgan fingerprint density at radius 2 is 1.79 bits per heavy atom. The summed E-state index contributed by atoms with van der Waals surface area (Å²) >= 11 is 0. The van der Waals surface area contributed by atoms with Gasteiger partial charge in [0.1, 0.15) is 0 Å². The van der Waals surface area contributed by atoms with Gasteiger partial charge < -0.3 is 4.74 Å². The molecule has 0 atom stereocenters. The maximum absolute atomic E-state index is 11.5. The van der Waals surface area contributed by atoms with Gasteiger partial charge in [-0.25, -0.2) is 4.79 Å². The van der Waals surface area contributed by atoms with Crippen LogP contribution in [0.1, 0.15) is 55.5 Å². The van der Waals surface area contributed by atoms with Crippen molar-refractivity contribution in [2.75, 3.05) is 6.61 Å². The first-order chi connectivity index (χ1) is 9.27. The highest BCUT2D eigenvalue weighted by atomic mass is 16.5. The molecule has 0 fully saturated rings. The lowest BCUT2D eigenvalue weighted by molar-refractivity contribution is 0.0526. The number of esters is 1. The molecule has 0 aliphatic rings. The van der Waals surface area contributed by atoms with Crippen LogP contribution in [0.5, 0.6) is 0 Å². The number of aryl methyl sites for hydroxylation is 1. The number of allylic oxidation sites excluding steroid dienone is 2. The number of carbonyl (C=O) groups is 1. The summed E-state index contributed by atoms with van der Waals surface area (Å²) < 4.78 is 4.96. The van der Waals surface area contributed by atoms with Gasteiger partial charge in [0.05, 0.1) is 12.2 Å². The van der Waals surface area contributed by atoms with E-state index in [2.05, 4.69) is 19.1 Å². The van der Waals surface area contributed by atoms with E-state index in [9.17, 15) is 4.79 Å². The number of unbranched alkanes of at least 4 members (excludes halogenated alkanes) is 2. The molecule has 0 heterocycles. The SMILES string of the molecule is CCC/C=C/CCCc1ccc(C(=O)OCC)cc1. The van der Waals surface area contributed by atoms with E-state index in [1.165, 1.54) is 18.4 Å². The Morgan fingerprint density at radius 1 is 1.11 bits per heavy atom. The average Bonchev–Trinajstić information content (AvgIpc) is 2.43. The fraction of sp³-hybridized carbons (Fsp3) is 0.471. The lowest BCUT2D eigenvalue weighted by atomic mass is 10.1. The van der Waals surface area contributed by atoms with Gasteiger partial charge in [0.15, 0.2) is 0 Å². The molecule has 0 unspecified atom stereocenters. The number of rotatable bonds is 8. The fourth-order valence-electron chi connectivity index (χ4n) is 1.85. The quantitative estimate of drug-likeness (QED) is 0.389. The van der Waals surface area contributed by atoms with Gasteiger partial charge >= 0.3 is 5.97 Å². The molecule has 19 heavy (non-hydrogen) atoms. The van der Waals surface area contributed by atoms with Crippen molar-refractivity contribution in [3.8, 4) is 0 Å². The van der Waals surface area contributed by atoms with Crippen LogP contribution in [-0.4, -0.2) is 12.6 Å². The minimum Gasteiger partial charge on any atom is -0.462 e. The van der Waals surface area contributed by atoms with Gasteiger partial charge in [0.2, 0.25) is 0 Å². The zero-order valence-electron chi connectivity index (χ0n) is 12.0. The molecule has 1 aromatic carbocycles. The molecule has 0 aromatic heterocycles. The van der Waals surface area contributed by atoms with Crippen LogP contribution in [0.25, 0.3) is 0 Å². The first kappa shape index (κ1) is 15.5. The first-order valence-electron chi connectivity index (χ1n) is 7.19. The van der Waals surface area contributed by atoms with E-state index in [1.54, 1.807) is 0 Å². The van der Waals surface area contributed by atoms with Crippen LogP contribution in [0.15, 0.2) is 36.4 Å². The number of ether oxygens (including phenoxy) is 1. The molecule has 0 spiro atoms. The fourth-order valence-corrected chi connectivity index (χ4v) is 1.85. The third kappa shape index (κ3) is 6.23. The maximum Gasteiger partial charge on any atom is 0.338 e. The highest BCUT2D eigenvalue weighted by Crippen LogP contribution is 2.09. The summed E-state index contributed by atoms with van der Waals surface area (Å²) in [4.78, 5) is 11.5. The van der Waals surface area contributed by atoms with Crippen molar-refractivity contribution in [3.63, 3.8) is 0 Å². The molecule has 2 heteroatoms. The minimum absolute atomic E-state index is 0.239. The van der Waals surface area contributed by atoms with E-state index < -0.39 is 0 Å². The van der Waals surface area contributed by atoms with Crippen LogP contribution in [0.2, 0.25) is 0 Å². The van der Waals surface area contributed by atoms with E-state index >= 15 is 0 Å². The summed E-state index contributed by atoms with van der Waals surface area (Å²) in [5.74, 6) is -0.239. The van der Waals surface area contributed by atoms with Gasteiger partial charge in [0, 0.05) is 0 Å². The summed E-state index contributed by atoms with van der Waals surface area (Å²) in [6, 6.07) is 7.73. The van der Waals surface area contributed by atoms with E-state index in [4.69, 9.17) is 4.74 Å². The van der Waals surface area contributed by atoms with Crippen LogP contribution in [0.4, 0.5) is 0 Å². The van der Waals surface area contributed by atoms with Crippen LogP contribution in [0.3, 0.4) is 0 Å². The third-order valence-electron chi connectivity index (χ3n) is 2.92. The van der Waals surface area contributed by atoms with E-state index in [0.29, 0.717) is 12.2 Å². The average molecular weight is 260 g/mol. The Labute approximate surface area is 116 Å². The predicted octanol–water partition coefficient (Wildman–Crippen LogP) is 4.54. The van der Waals surface area contributed by atoms with Gasteiger partial charge in [-0.1, -0.05) is 37.6 Å². The normalized spacial score (nSPS) is 10.8. The van der Waals surface area contributed by atoms with Crippen LogP contribution in [-0.2, 0) is 11.2 Å². The number of carbonyl (C=O) groups excluding carboxylic acids is 1. The van der Waals surface area contributed by atoms with E-state index in [-0.39, 0.29) is 5.97 Å². The second kappa shape index (κ2) is 9.37. The van der Waals surface area contributed by atoms with Crippen molar-refractivity contribution in [2.24, 2.45) is 0 Å². The van der Waals surface area contributed by atoms with Crippen molar-refractivity contribution >= 4 is 5.97 Å². The Hall–Kier alpha value is -1.57. The van der Waals surface area contributed by atoms with Crippen LogP contribution < -0.4 is 0 Å². The molecule has 0 aliphatic carbocycles. The Balaban J connectivity index is 2.34. The van der Waals surface area contributed by atoms with Gasteiger partial charge in [-0.3, -0.25) is 0 Å². The zero-order chi connectivity index (χ0) is 13.9. The van der Waals surface area contributed by atoms with Crippen LogP contribution in [0, 0.1) is 0 Å². The number of hydrogen-bond acceptors (Lipinski definition) is 2. The summed E-state index contributed by atoms with van der Waals surface area (Å²) in [5.41, 5.74) is 1.91. The summed E-state index contributed by atoms with van der Waals surface area (Å²) in [6.45, 7) is 4.43. The molecule has 0 amide bonds. The second-order valence-electron chi connectivity index (χ2n) is 4.57. The minimum atomic E-state index is -0.239. The van der Waals surface area contributed by atoms with Gasteiger partial charge in [-0.05, 0) is 50.3 Å². The number of hydrogen-bond donors (Lipinski definition) is 0. The Bertz CT molecular complexity index is 390. The molecule has 0 aliphatic heterocycles. The molecule has 0 bridgehead atoms. The third-order valence-corrected chi connectivity index (χ3v) is 2.92. The lowest BCUT2D eigenvalue weighted by Gasteiger charge is -2.03. The smallest absolute Gasteiger partial charge is 0.338 e. The molecule has 104 valence electrons. The van der Waals surface area contributed by atoms with Gasteiger partial charge in [-0.2, -0.15) is 0 Å². The van der Waals surface area contributed by atoms with Gasteiger partial charge in [-0.15, -0.1) is 0 Å². The largest absolute Gasteiger partial charge is 0.462 e. The molecule has 0 saturated heterocycles. The molecule has 0 N–H and O–H groups in total. The zero-order valence-corrected chi connectivity index (χ0v) is 12.0. The Morgan fingerprint density at radius 3 is 2.42 bits per heavy atom. The highest BCUT2D eigenvalue weighted by molar-refractivity contribution is 5.89. The van der Waals surface area contributed by atoms with E-state index in [1.807, 2.05) is 31.2 Å². The lowest BCUT2D eigenvalue weighted by Crippen LogP contribution is -2.04. The topological polar surface area (TPSA) is 26.3 Å². The van der Waals surface area contributed by atoms with Crippen molar-refractivity contribution in [2.45, 2.75) is 46.0 Å². The summed E-state index contributed by atoms with van der Waals surface area (Å²) in [6.07, 6.45) is 10.2. The molecular weight excluding hydrogens is 236 g/mol. The monoisotopic (exact) mass is 260 g/mol. The van der Waals surface area contributed by atoms with Gasteiger partial charge in [0.25, 0.3) is 0 Å². The molecule has 1 aromatic rings. The maximum atomic E-state index is 11.5. The van der Waals surface area contributed by atoms with Crippen molar-refractivity contribution in [3.05, 3.63) is 47.5 Å². The second-order valence-corrected chi connectivity index (χ2v) is 4.57. The summed E-state index contributed by atoms with van der Waals surface area (Å²) in [5, 5.41) is 0. The standard InChI is InChI=1S/C17H24O2/c1-3-5-6-7-8-9-10-15-11-13-16(14-12-15)17(18)19-4-2/h6-7,11-14H,3-5,8-10H2,1-2H3/b7-6+. The molecular formula is C17H24O2. The van der Waals surface area contributed by atoms with Crippen molar-refractivity contribution < 1.29 is 9.53 Å². The molecule has 1 rings (SSSR count). The summed E-state index contributed by atoms with van der Waals surface area (Å²) in [7, 11) is 0. The van der Waals surface area contributed by atoms with Crippen LogP contribution >= 0.6 is 0 Å². The van der Waals surface area contributed by atoms with Crippen molar-refractivity contribution in [1.82, 2.24) is 0 Å².